The van der Waals surface area contributed by atoms with Gasteiger partial charge in [0.15, 0.2) is 0 Å². The van der Waals surface area contributed by atoms with E-state index in [2.05, 4.69) is 22.4 Å². The van der Waals surface area contributed by atoms with Crippen molar-refractivity contribution in [1.29, 1.82) is 0 Å². The summed E-state index contributed by atoms with van der Waals surface area (Å²) in [5.74, 6) is 2.10. The van der Waals surface area contributed by atoms with Crippen LogP contribution in [0.15, 0.2) is 29.3 Å². The molecule has 86 valence electrons. The van der Waals surface area contributed by atoms with Crippen molar-refractivity contribution in [3.8, 4) is 5.75 Å². The van der Waals surface area contributed by atoms with Crippen molar-refractivity contribution in [2.75, 3.05) is 20.2 Å². The van der Waals surface area contributed by atoms with Crippen LogP contribution in [0, 0.1) is 0 Å². The highest BCUT2D eigenvalue weighted by Gasteiger charge is 2.04. The number of ether oxygens (including phenoxy) is 1. The topological polar surface area (TPSA) is 33.6 Å². The number of aliphatic imine (C=N–C) groups is 1. The summed E-state index contributed by atoms with van der Waals surface area (Å²) in [5, 5.41) is 3.38. The first-order valence-electron chi connectivity index (χ1n) is 5.78. The van der Waals surface area contributed by atoms with Crippen LogP contribution in [0.3, 0.4) is 0 Å². The molecule has 3 heteroatoms. The van der Waals surface area contributed by atoms with Crippen LogP contribution in [0.25, 0.3) is 0 Å². The second-order valence-corrected chi connectivity index (χ2v) is 3.96. The summed E-state index contributed by atoms with van der Waals surface area (Å²) in [7, 11) is 1.70. The first-order valence-corrected chi connectivity index (χ1v) is 5.78. The van der Waals surface area contributed by atoms with Crippen molar-refractivity contribution < 1.29 is 4.74 Å². The van der Waals surface area contributed by atoms with Gasteiger partial charge in [-0.25, -0.2) is 0 Å². The van der Waals surface area contributed by atoms with E-state index >= 15 is 0 Å². The zero-order valence-corrected chi connectivity index (χ0v) is 9.70. The van der Waals surface area contributed by atoms with Crippen LogP contribution in [0.5, 0.6) is 5.75 Å². The van der Waals surface area contributed by atoms with Crippen molar-refractivity contribution >= 4 is 5.84 Å². The van der Waals surface area contributed by atoms with Crippen LogP contribution in [0.2, 0.25) is 0 Å². The van der Waals surface area contributed by atoms with Crippen molar-refractivity contribution in [3.63, 3.8) is 0 Å². The first-order chi connectivity index (χ1) is 7.88. The molecule has 0 radical (unpaired) electrons. The third-order valence-corrected chi connectivity index (χ3v) is 2.75. The van der Waals surface area contributed by atoms with Crippen LogP contribution < -0.4 is 10.1 Å². The van der Waals surface area contributed by atoms with E-state index in [1.165, 1.54) is 17.8 Å². The molecule has 16 heavy (non-hydrogen) atoms. The van der Waals surface area contributed by atoms with E-state index < -0.39 is 0 Å². The number of nitrogens with zero attached hydrogens (tertiary/aromatic N) is 1. The molecule has 1 aromatic carbocycles. The smallest absolute Gasteiger partial charge is 0.119 e. The Morgan fingerprint density at radius 1 is 1.44 bits per heavy atom. The van der Waals surface area contributed by atoms with E-state index in [0.717, 1.165) is 31.7 Å². The van der Waals surface area contributed by atoms with Gasteiger partial charge in [-0.05, 0) is 30.5 Å². The molecule has 0 atom stereocenters. The van der Waals surface area contributed by atoms with Gasteiger partial charge in [-0.3, -0.25) is 4.99 Å². The van der Waals surface area contributed by atoms with Gasteiger partial charge < -0.3 is 10.1 Å². The van der Waals surface area contributed by atoms with Crippen LogP contribution in [0.1, 0.15) is 18.4 Å². The van der Waals surface area contributed by atoms with E-state index in [1.54, 1.807) is 7.11 Å². The lowest BCUT2D eigenvalue weighted by Gasteiger charge is -2.07. The number of nitrogens with one attached hydrogen (secondary N) is 1. The summed E-state index contributed by atoms with van der Waals surface area (Å²) < 4.78 is 5.19. The summed E-state index contributed by atoms with van der Waals surface area (Å²) in [6.07, 6.45) is 3.32. The molecule has 0 spiro atoms. The fourth-order valence-electron chi connectivity index (χ4n) is 1.86. The zero-order valence-electron chi connectivity index (χ0n) is 9.70. The summed E-state index contributed by atoms with van der Waals surface area (Å²) in [4.78, 5) is 4.38. The zero-order chi connectivity index (χ0) is 11.2. The number of hydrogen-bond donors (Lipinski definition) is 1. The fourth-order valence-corrected chi connectivity index (χ4v) is 1.86. The lowest BCUT2D eigenvalue weighted by atomic mass is 10.1. The molecule has 1 N–H and O–H groups in total. The molecule has 0 aliphatic carbocycles. The molecule has 3 nitrogen and oxygen atoms in total. The third-order valence-electron chi connectivity index (χ3n) is 2.75. The van der Waals surface area contributed by atoms with Gasteiger partial charge in [0.1, 0.15) is 5.75 Å². The van der Waals surface area contributed by atoms with E-state index in [0.29, 0.717) is 0 Å². The standard InChI is InChI=1S/C13H18N2O/c1-16-12-5-2-4-11(10-12)7-9-15-13-6-3-8-14-13/h2,4-5,10H,3,6-9H2,1H3,(H,14,15). The Morgan fingerprint density at radius 2 is 2.38 bits per heavy atom. The fraction of sp³-hybridized carbons (Fsp3) is 0.462. The van der Waals surface area contributed by atoms with Gasteiger partial charge in [0, 0.05) is 19.5 Å². The average Bonchev–Trinajstić information content (AvgIpc) is 2.82. The second kappa shape index (κ2) is 5.54. The Bertz CT molecular complexity index is 374. The van der Waals surface area contributed by atoms with Crippen molar-refractivity contribution in [2.24, 2.45) is 4.99 Å². The number of rotatable bonds is 4. The van der Waals surface area contributed by atoms with Crippen molar-refractivity contribution in [3.05, 3.63) is 29.8 Å². The highest BCUT2D eigenvalue weighted by molar-refractivity contribution is 5.83. The lowest BCUT2D eigenvalue weighted by Crippen LogP contribution is -2.23. The van der Waals surface area contributed by atoms with Gasteiger partial charge in [-0.2, -0.15) is 0 Å². The lowest BCUT2D eigenvalue weighted by molar-refractivity contribution is 0.414. The number of amidine groups is 1. The molecular formula is C13H18N2O. The van der Waals surface area contributed by atoms with E-state index in [4.69, 9.17) is 4.74 Å². The minimum Gasteiger partial charge on any atom is -0.497 e. The van der Waals surface area contributed by atoms with Gasteiger partial charge >= 0.3 is 0 Å². The Morgan fingerprint density at radius 3 is 3.12 bits per heavy atom. The maximum atomic E-state index is 5.19. The molecule has 2 rings (SSSR count). The highest BCUT2D eigenvalue weighted by Crippen LogP contribution is 2.12. The SMILES string of the molecule is COc1cccc(CCNC2=NCCC2)c1. The molecule has 0 amide bonds. The molecule has 1 heterocycles. The van der Waals surface area contributed by atoms with Crippen LogP contribution in [-0.2, 0) is 6.42 Å². The Balaban J connectivity index is 1.80. The summed E-state index contributed by atoms with van der Waals surface area (Å²) in [6.45, 7) is 1.94. The third kappa shape index (κ3) is 2.99. The maximum Gasteiger partial charge on any atom is 0.119 e. The Kier molecular flexibility index (Phi) is 3.81. The normalized spacial score (nSPS) is 14.7. The highest BCUT2D eigenvalue weighted by atomic mass is 16.5. The minimum atomic E-state index is 0.927. The van der Waals surface area contributed by atoms with Crippen LogP contribution in [-0.4, -0.2) is 26.0 Å². The maximum absolute atomic E-state index is 5.19. The van der Waals surface area contributed by atoms with Crippen LogP contribution in [0.4, 0.5) is 0 Å². The molecule has 0 aromatic heterocycles. The number of benzene rings is 1. The quantitative estimate of drug-likeness (QED) is 0.838. The summed E-state index contributed by atoms with van der Waals surface area (Å²) in [6, 6.07) is 8.21. The van der Waals surface area contributed by atoms with Gasteiger partial charge in [0.05, 0.1) is 12.9 Å². The average molecular weight is 218 g/mol. The minimum absolute atomic E-state index is 0.927. The second-order valence-electron chi connectivity index (χ2n) is 3.96. The predicted molar refractivity (Wildman–Crippen MR) is 66.2 cm³/mol. The predicted octanol–water partition coefficient (Wildman–Crippen LogP) is 2.02. The van der Waals surface area contributed by atoms with Crippen LogP contribution >= 0.6 is 0 Å². The van der Waals surface area contributed by atoms with Crippen molar-refractivity contribution in [2.45, 2.75) is 19.3 Å². The van der Waals surface area contributed by atoms with Gasteiger partial charge in [-0.15, -0.1) is 0 Å². The monoisotopic (exact) mass is 218 g/mol. The molecule has 0 saturated heterocycles. The van der Waals surface area contributed by atoms with E-state index in [-0.39, 0.29) is 0 Å². The number of hydrogen-bond acceptors (Lipinski definition) is 3. The van der Waals surface area contributed by atoms with Gasteiger partial charge in [0.2, 0.25) is 0 Å². The van der Waals surface area contributed by atoms with Gasteiger partial charge in [-0.1, -0.05) is 12.1 Å². The van der Waals surface area contributed by atoms with Crippen molar-refractivity contribution in [1.82, 2.24) is 5.32 Å². The molecule has 1 aromatic rings. The van der Waals surface area contributed by atoms with E-state index in [9.17, 15) is 0 Å². The van der Waals surface area contributed by atoms with Gasteiger partial charge in [0.25, 0.3) is 0 Å². The molecular weight excluding hydrogens is 200 g/mol. The first kappa shape index (κ1) is 11.0. The molecule has 0 saturated carbocycles. The molecule has 1 aliphatic heterocycles. The van der Waals surface area contributed by atoms with E-state index in [1.807, 2.05) is 12.1 Å². The molecule has 1 aliphatic rings. The summed E-state index contributed by atoms with van der Waals surface area (Å²) >= 11 is 0. The molecule has 0 bridgehead atoms. The largest absolute Gasteiger partial charge is 0.497 e. The molecule has 0 unspecified atom stereocenters. The molecule has 0 fully saturated rings. The summed E-state index contributed by atoms with van der Waals surface area (Å²) in [5.41, 5.74) is 1.30. The Hall–Kier alpha value is -1.51. The number of methoxy groups -OCH3 is 1. The Labute approximate surface area is 96.5 Å².